The molecule has 0 saturated carbocycles. The van der Waals surface area contributed by atoms with E-state index in [9.17, 15) is 10.1 Å². The molecule has 24 heavy (non-hydrogen) atoms. The number of amides is 1. The molecule has 0 unspecified atom stereocenters. The number of carbonyl (C=O) groups excluding carboxylic acids is 1. The van der Waals surface area contributed by atoms with Crippen LogP contribution in [0, 0.1) is 11.3 Å². The first-order valence-electron chi connectivity index (χ1n) is 7.52. The van der Waals surface area contributed by atoms with Crippen LogP contribution in [-0.4, -0.2) is 39.4 Å². The largest absolute Gasteiger partial charge is 0.493 e. The lowest BCUT2D eigenvalue weighted by molar-refractivity contribution is -0.117. The molecule has 1 aromatic carbocycles. The van der Waals surface area contributed by atoms with Gasteiger partial charge in [0.15, 0.2) is 11.5 Å². The molecule has 1 atom stereocenters. The Morgan fingerprint density at radius 1 is 1.46 bits per heavy atom. The van der Waals surface area contributed by atoms with E-state index in [1.807, 2.05) is 6.07 Å². The maximum absolute atomic E-state index is 12.2. The van der Waals surface area contributed by atoms with Crippen LogP contribution in [0.1, 0.15) is 18.4 Å². The van der Waals surface area contributed by atoms with Crippen molar-refractivity contribution in [2.75, 3.05) is 27.4 Å². The van der Waals surface area contributed by atoms with Gasteiger partial charge in [-0.2, -0.15) is 5.26 Å². The summed E-state index contributed by atoms with van der Waals surface area (Å²) in [7, 11) is 3.07. The van der Waals surface area contributed by atoms with Crippen LogP contribution in [0.4, 0.5) is 0 Å². The molecule has 1 N–H and O–H groups in total. The number of halogens is 1. The van der Waals surface area contributed by atoms with Gasteiger partial charge in [-0.05, 0) is 36.6 Å². The summed E-state index contributed by atoms with van der Waals surface area (Å²) in [6.45, 7) is 1.13. The van der Waals surface area contributed by atoms with Gasteiger partial charge in [0, 0.05) is 17.6 Å². The van der Waals surface area contributed by atoms with Gasteiger partial charge in [-0.25, -0.2) is 0 Å². The average Bonchev–Trinajstić information content (AvgIpc) is 3.11. The van der Waals surface area contributed by atoms with E-state index < -0.39 is 5.91 Å². The maximum Gasteiger partial charge on any atom is 0.262 e. The summed E-state index contributed by atoms with van der Waals surface area (Å²) in [4.78, 5) is 12.2. The van der Waals surface area contributed by atoms with E-state index in [0.29, 0.717) is 28.1 Å². The van der Waals surface area contributed by atoms with Crippen molar-refractivity contribution >= 4 is 27.9 Å². The van der Waals surface area contributed by atoms with Crippen LogP contribution in [0.15, 0.2) is 22.2 Å². The van der Waals surface area contributed by atoms with Crippen LogP contribution >= 0.6 is 15.9 Å². The Kier molecular flexibility index (Phi) is 6.64. The fourth-order valence-corrected chi connectivity index (χ4v) is 2.83. The highest BCUT2D eigenvalue weighted by molar-refractivity contribution is 9.10. The predicted octanol–water partition coefficient (Wildman–Crippen LogP) is 2.67. The molecule has 1 fully saturated rings. The molecule has 128 valence electrons. The SMILES string of the molecule is COc1cc(Br)c(/C=C(/C#N)C(=O)NC[C@@H]2CCCO2)cc1OC. The topological polar surface area (TPSA) is 80.6 Å². The molecule has 1 amide bonds. The van der Waals surface area contributed by atoms with Gasteiger partial charge in [0.25, 0.3) is 5.91 Å². The molecule has 0 aliphatic carbocycles. The third kappa shape index (κ3) is 4.49. The lowest BCUT2D eigenvalue weighted by Crippen LogP contribution is -2.32. The molecule has 1 saturated heterocycles. The van der Waals surface area contributed by atoms with Crippen LogP contribution in [0.2, 0.25) is 0 Å². The fraction of sp³-hybridized carbons (Fsp3) is 0.412. The highest BCUT2D eigenvalue weighted by Crippen LogP contribution is 2.34. The van der Waals surface area contributed by atoms with E-state index in [0.717, 1.165) is 19.4 Å². The predicted molar refractivity (Wildman–Crippen MR) is 92.8 cm³/mol. The molecule has 1 aromatic rings. The Balaban J connectivity index is 2.16. The van der Waals surface area contributed by atoms with Gasteiger partial charge in [0.2, 0.25) is 0 Å². The van der Waals surface area contributed by atoms with Crippen molar-refractivity contribution in [2.24, 2.45) is 0 Å². The van der Waals surface area contributed by atoms with E-state index >= 15 is 0 Å². The minimum absolute atomic E-state index is 0.0147. The smallest absolute Gasteiger partial charge is 0.262 e. The Morgan fingerprint density at radius 2 is 2.17 bits per heavy atom. The first-order chi connectivity index (χ1) is 11.6. The number of hydrogen-bond acceptors (Lipinski definition) is 5. The third-order valence-corrected chi connectivity index (χ3v) is 4.37. The maximum atomic E-state index is 12.2. The van der Waals surface area contributed by atoms with Crippen LogP contribution in [0.5, 0.6) is 11.5 Å². The molecule has 1 heterocycles. The monoisotopic (exact) mass is 394 g/mol. The van der Waals surface area contributed by atoms with E-state index in [4.69, 9.17) is 14.2 Å². The summed E-state index contributed by atoms with van der Waals surface area (Å²) < 4.78 is 16.6. The number of carbonyl (C=O) groups is 1. The second kappa shape index (κ2) is 8.71. The second-order valence-corrected chi connectivity index (χ2v) is 6.10. The van der Waals surface area contributed by atoms with Crippen LogP contribution < -0.4 is 14.8 Å². The number of nitrogens with zero attached hydrogens (tertiary/aromatic N) is 1. The molecular formula is C17H19BrN2O4. The Bertz CT molecular complexity index is 676. The molecule has 2 rings (SSSR count). The van der Waals surface area contributed by atoms with Crippen molar-refractivity contribution in [3.8, 4) is 17.6 Å². The summed E-state index contributed by atoms with van der Waals surface area (Å²) in [5, 5.41) is 12.0. The zero-order valence-electron chi connectivity index (χ0n) is 13.6. The summed E-state index contributed by atoms with van der Waals surface area (Å²) in [6, 6.07) is 5.36. The van der Waals surface area contributed by atoms with Gasteiger partial charge in [0.05, 0.1) is 20.3 Å². The highest BCUT2D eigenvalue weighted by Gasteiger charge is 2.18. The zero-order valence-corrected chi connectivity index (χ0v) is 15.2. The van der Waals surface area contributed by atoms with Gasteiger partial charge >= 0.3 is 0 Å². The van der Waals surface area contributed by atoms with E-state index in [1.54, 1.807) is 19.2 Å². The number of nitrogens with one attached hydrogen (secondary N) is 1. The van der Waals surface area contributed by atoms with Crippen molar-refractivity contribution in [3.05, 3.63) is 27.7 Å². The first kappa shape index (κ1) is 18.3. The molecule has 1 aliphatic heterocycles. The van der Waals surface area contributed by atoms with Gasteiger partial charge < -0.3 is 19.5 Å². The molecule has 7 heteroatoms. The number of ether oxygens (including phenoxy) is 3. The van der Waals surface area contributed by atoms with Gasteiger partial charge in [0.1, 0.15) is 11.6 Å². The van der Waals surface area contributed by atoms with Crippen molar-refractivity contribution in [1.82, 2.24) is 5.32 Å². The standard InChI is InChI=1S/C17H19BrN2O4/c1-22-15-7-11(14(18)8-16(15)23-2)6-12(9-19)17(21)20-10-13-4-3-5-24-13/h6-8,13H,3-5,10H2,1-2H3,(H,20,21)/b12-6-/t13-/m0/s1. The molecule has 0 aromatic heterocycles. The fourth-order valence-electron chi connectivity index (χ4n) is 2.39. The third-order valence-electron chi connectivity index (χ3n) is 3.68. The molecular weight excluding hydrogens is 376 g/mol. The molecule has 0 radical (unpaired) electrons. The van der Waals surface area contributed by atoms with Crippen LogP contribution in [0.3, 0.4) is 0 Å². The minimum atomic E-state index is -0.422. The minimum Gasteiger partial charge on any atom is -0.493 e. The normalized spacial score (nSPS) is 17.2. The number of benzene rings is 1. The molecule has 1 aliphatic rings. The quantitative estimate of drug-likeness (QED) is 0.592. The number of hydrogen-bond donors (Lipinski definition) is 1. The van der Waals surface area contributed by atoms with Crippen LogP contribution in [-0.2, 0) is 9.53 Å². The Labute approximate surface area is 149 Å². The summed E-state index contributed by atoms with van der Waals surface area (Å²) in [6.07, 6.45) is 3.46. The summed E-state index contributed by atoms with van der Waals surface area (Å²) >= 11 is 3.41. The molecule has 0 spiro atoms. The summed E-state index contributed by atoms with van der Waals surface area (Å²) in [5.41, 5.74) is 0.664. The van der Waals surface area contributed by atoms with Gasteiger partial charge in [-0.15, -0.1) is 0 Å². The number of nitriles is 1. The number of rotatable bonds is 6. The van der Waals surface area contributed by atoms with Gasteiger partial charge in [-0.3, -0.25) is 4.79 Å². The lowest BCUT2D eigenvalue weighted by atomic mass is 10.1. The lowest BCUT2D eigenvalue weighted by Gasteiger charge is -2.11. The van der Waals surface area contributed by atoms with E-state index in [2.05, 4.69) is 21.2 Å². The average molecular weight is 395 g/mol. The molecule has 6 nitrogen and oxygen atoms in total. The van der Waals surface area contributed by atoms with Gasteiger partial charge in [-0.1, -0.05) is 15.9 Å². The van der Waals surface area contributed by atoms with Crippen molar-refractivity contribution in [3.63, 3.8) is 0 Å². The Morgan fingerprint density at radius 3 is 2.75 bits per heavy atom. The van der Waals surface area contributed by atoms with Crippen molar-refractivity contribution in [1.29, 1.82) is 5.26 Å². The second-order valence-electron chi connectivity index (χ2n) is 5.24. The Hall–Kier alpha value is -2.04. The van der Waals surface area contributed by atoms with Crippen molar-refractivity contribution in [2.45, 2.75) is 18.9 Å². The highest BCUT2D eigenvalue weighted by atomic mass is 79.9. The zero-order chi connectivity index (χ0) is 17.5. The van der Waals surface area contributed by atoms with E-state index in [1.165, 1.54) is 13.2 Å². The van der Waals surface area contributed by atoms with E-state index in [-0.39, 0.29) is 11.7 Å². The summed E-state index contributed by atoms with van der Waals surface area (Å²) in [5.74, 6) is 0.654. The van der Waals surface area contributed by atoms with Crippen LogP contribution in [0.25, 0.3) is 6.08 Å². The number of methoxy groups -OCH3 is 2. The first-order valence-corrected chi connectivity index (χ1v) is 8.31. The molecule has 0 bridgehead atoms. The van der Waals surface area contributed by atoms with Crippen molar-refractivity contribution < 1.29 is 19.0 Å².